The molecule has 3 N–H and O–H groups in total. The highest BCUT2D eigenvalue weighted by atomic mass is 19.1. The number of hydrogen-bond donors (Lipinski definition) is 3. The smallest absolute Gasteiger partial charge is 0.157 e. The Labute approximate surface area is 229 Å². The molecule has 0 atom stereocenters. The summed E-state index contributed by atoms with van der Waals surface area (Å²) in [7, 11) is 0. The summed E-state index contributed by atoms with van der Waals surface area (Å²) < 4.78 is 15.3. The van der Waals surface area contributed by atoms with Gasteiger partial charge in [0.1, 0.15) is 16.7 Å². The molecule has 1 fully saturated rings. The van der Waals surface area contributed by atoms with Crippen LogP contribution >= 0.6 is 0 Å². The van der Waals surface area contributed by atoms with Crippen molar-refractivity contribution in [3.8, 4) is 33.9 Å². The summed E-state index contributed by atoms with van der Waals surface area (Å²) in [5, 5.41) is 11.3. The third-order valence-electron chi connectivity index (χ3n) is 7.66. The van der Waals surface area contributed by atoms with Gasteiger partial charge in [0.15, 0.2) is 11.6 Å². The second-order valence-electron chi connectivity index (χ2n) is 10.3. The van der Waals surface area contributed by atoms with E-state index in [-0.39, 0.29) is 5.52 Å². The summed E-state index contributed by atoms with van der Waals surface area (Å²) in [6.45, 7) is 4.28. The van der Waals surface area contributed by atoms with Crippen molar-refractivity contribution >= 4 is 27.6 Å². The van der Waals surface area contributed by atoms with Gasteiger partial charge in [0.2, 0.25) is 0 Å². The molecule has 7 rings (SSSR count). The highest BCUT2D eigenvalue weighted by Gasteiger charge is 2.19. The Balaban J connectivity index is 1.25. The van der Waals surface area contributed by atoms with Crippen LogP contribution in [0.4, 0.5) is 10.1 Å². The van der Waals surface area contributed by atoms with Crippen molar-refractivity contribution in [2.45, 2.75) is 32.1 Å². The average molecular weight is 531 g/mol. The number of hydrogen-bond acceptors (Lipinski definition) is 6. The number of anilines is 1. The Bertz CT molecular complexity index is 1850. The first-order valence-electron chi connectivity index (χ1n) is 13.5. The molecule has 0 bridgehead atoms. The van der Waals surface area contributed by atoms with Crippen molar-refractivity contribution in [2.24, 2.45) is 5.92 Å². The molecule has 1 aromatic carbocycles. The summed E-state index contributed by atoms with van der Waals surface area (Å²) in [6, 6.07) is 11.1. The molecule has 0 saturated heterocycles. The lowest BCUT2D eigenvalue weighted by Gasteiger charge is -2.24. The number of allylic oxidation sites excluding steroid dienone is 1. The van der Waals surface area contributed by atoms with Crippen molar-refractivity contribution in [3.63, 3.8) is 0 Å². The Hall–Kier alpha value is -4.92. The molecule has 5 aromatic heterocycles. The molecule has 0 spiro atoms. The molecule has 198 valence electrons. The molecular weight excluding hydrogens is 503 g/mol. The molecular formula is C31H27FN8. The Morgan fingerprint density at radius 2 is 1.80 bits per heavy atom. The maximum Gasteiger partial charge on any atom is 0.157 e. The van der Waals surface area contributed by atoms with Gasteiger partial charge in [-0.05, 0) is 60.7 Å². The van der Waals surface area contributed by atoms with E-state index in [4.69, 9.17) is 4.98 Å². The number of aromatic amines is 2. The summed E-state index contributed by atoms with van der Waals surface area (Å²) in [5.41, 5.74) is 7.28. The van der Waals surface area contributed by atoms with Gasteiger partial charge in [-0.15, -0.1) is 0 Å². The average Bonchev–Trinajstić information content (AvgIpc) is 3.63. The van der Waals surface area contributed by atoms with Crippen LogP contribution in [-0.2, 0) is 0 Å². The first-order valence-corrected chi connectivity index (χ1v) is 13.5. The van der Waals surface area contributed by atoms with Crippen LogP contribution in [0.1, 0.15) is 32.1 Å². The molecule has 5 heterocycles. The number of imidazole rings is 1. The van der Waals surface area contributed by atoms with Crippen molar-refractivity contribution in [1.29, 1.82) is 0 Å². The lowest BCUT2D eigenvalue weighted by molar-refractivity contribution is 0.405. The van der Waals surface area contributed by atoms with E-state index in [1.165, 1.54) is 25.3 Å². The van der Waals surface area contributed by atoms with Gasteiger partial charge in [0, 0.05) is 47.0 Å². The number of pyridine rings is 3. The molecule has 0 amide bonds. The predicted octanol–water partition coefficient (Wildman–Crippen LogP) is 7.27. The molecule has 40 heavy (non-hydrogen) atoms. The van der Waals surface area contributed by atoms with E-state index in [2.05, 4.69) is 42.0 Å². The van der Waals surface area contributed by atoms with Crippen LogP contribution in [0.5, 0.6) is 0 Å². The summed E-state index contributed by atoms with van der Waals surface area (Å²) in [6.07, 6.45) is 14.8. The number of benzene rings is 1. The van der Waals surface area contributed by atoms with Gasteiger partial charge in [-0.25, -0.2) is 9.37 Å². The Morgan fingerprint density at radius 1 is 0.925 bits per heavy atom. The second-order valence-corrected chi connectivity index (χ2v) is 10.3. The lowest BCUT2D eigenvalue weighted by atomic mass is 9.87. The van der Waals surface area contributed by atoms with E-state index in [0.29, 0.717) is 39.6 Å². The SMILES string of the molecule is C=C(Nc1cncc(-c2cc(F)c3n[nH]c(-c4nc5c(-c6cccnc6)nccc5[nH]4)c3c2)c1)C1CCCCC1. The van der Waals surface area contributed by atoms with Crippen LogP contribution in [0, 0.1) is 11.7 Å². The molecule has 1 saturated carbocycles. The number of nitrogens with one attached hydrogen (secondary N) is 3. The van der Waals surface area contributed by atoms with Crippen molar-refractivity contribution in [1.82, 2.24) is 35.1 Å². The summed E-state index contributed by atoms with van der Waals surface area (Å²) in [4.78, 5) is 21.3. The minimum atomic E-state index is -0.422. The van der Waals surface area contributed by atoms with E-state index in [1.54, 1.807) is 31.0 Å². The minimum absolute atomic E-state index is 0.248. The van der Waals surface area contributed by atoms with Gasteiger partial charge < -0.3 is 10.3 Å². The third kappa shape index (κ3) is 4.39. The maximum absolute atomic E-state index is 15.3. The van der Waals surface area contributed by atoms with E-state index in [9.17, 15) is 0 Å². The number of halogens is 1. The number of rotatable bonds is 6. The topological polar surface area (TPSA) is 108 Å². The van der Waals surface area contributed by atoms with E-state index >= 15 is 4.39 Å². The van der Waals surface area contributed by atoms with Crippen LogP contribution < -0.4 is 5.32 Å². The number of fused-ring (bicyclic) bond motifs is 2. The van der Waals surface area contributed by atoms with Crippen LogP contribution in [0.3, 0.4) is 0 Å². The quantitative estimate of drug-likeness (QED) is 0.209. The minimum Gasteiger partial charge on any atom is -0.358 e. The van der Waals surface area contributed by atoms with E-state index in [1.807, 2.05) is 30.3 Å². The molecule has 0 radical (unpaired) electrons. The molecule has 6 aromatic rings. The molecule has 8 nitrogen and oxygen atoms in total. The van der Waals surface area contributed by atoms with Crippen molar-refractivity contribution < 1.29 is 4.39 Å². The maximum atomic E-state index is 15.3. The zero-order valence-electron chi connectivity index (χ0n) is 21.8. The molecule has 0 unspecified atom stereocenters. The predicted molar refractivity (Wildman–Crippen MR) is 155 cm³/mol. The van der Waals surface area contributed by atoms with E-state index < -0.39 is 5.82 Å². The highest BCUT2D eigenvalue weighted by Crippen LogP contribution is 2.35. The zero-order valence-corrected chi connectivity index (χ0v) is 21.8. The summed E-state index contributed by atoms with van der Waals surface area (Å²) in [5.74, 6) is 0.593. The fourth-order valence-corrected chi connectivity index (χ4v) is 5.59. The monoisotopic (exact) mass is 530 g/mol. The van der Waals surface area contributed by atoms with Crippen LogP contribution in [0.15, 0.2) is 79.7 Å². The number of aromatic nitrogens is 7. The third-order valence-corrected chi connectivity index (χ3v) is 7.66. The molecule has 1 aliphatic carbocycles. The second kappa shape index (κ2) is 10.00. The van der Waals surface area contributed by atoms with Crippen molar-refractivity contribution in [3.05, 3.63) is 85.5 Å². The van der Waals surface area contributed by atoms with Crippen LogP contribution in [0.25, 0.3) is 55.8 Å². The molecule has 0 aliphatic heterocycles. The fourth-order valence-electron chi connectivity index (χ4n) is 5.59. The molecule has 9 heteroatoms. The van der Waals surface area contributed by atoms with Gasteiger partial charge in [-0.3, -0.25) is 20.1 Å². The Kier molecular flexibility index (Phi) is 6.03. The van der Waals surface area contributed by atoms with Gasteiger partial charge in [-0.1, -0.05) is 25.8 Å². The number of nitrogens with zero attached hydrogens (tertiary/aromatic N) is 5. The normalized spacial score (nSPS) is 14.1. The number of H-pyrrole nitrogens is 2. The van der Waals surface area contributed by atoms with Crippen molar-refractivity contribution in [2.75, 3.05) is 5.32 Å². The van der Waals surface area contributed by atoms with Crippen LogP contribution in [-0.4, -0.2) is 35.1 Å². The standard InChI is InChI=1S/C31H27FN8/c1-18(19-6-3-2-4-7-19)36-23-12-22(16-34-17-23)21-13-24-28(25(32)14-21)39-40-29(24)31-37-26-9-11-35-27(30(26)38-31)20-8-5-10-33-15-20/h5,8-17,19,36H,1-4,6-7H2,(H,37,38)(H,39,40). The summed E-state index contributed by atoms with van der Waals surface area (Å²) >= 11 is 0. The first-order chi connectivity index (χ1) is 19.6. The Morgan fingerprint density at radius 3 is 2.65 bits per heavy atom. The van der Waals surface area contributed by atoms with Gasteiger partial charge in [0.05, 0.1) is 23.1 Å². The lowest BCUT2D eigenvalue weighted by Crippen LogP contribution is -2.14. The fraction of sp³-hybridized carbons (Fsp3) is 0.194. The largest absolute Gasteiger partial charge is 0.358 e. The molecule has 1 aliphatic rings. The zero-order chi connectivity index (χ0) is 27.1. The highest BCUT2D eigenvalue weighted by molar-refractivity contribution is 5.97. The van der Waals surface area contributed by atoms with Gasteiger partial charge in [0.25, 0.3) is 0 Å². The van der Waals surface area contributed by atoms with Gasteiger partial charge in [-0.2, -0.15) is 5.10 Å². The first kappa shape index (κ1) is 24.1. The van der Waals surface area contributed by atoms with Crippen LogP contribution in [0.2, 0.25) is 0 Å². The van der Waals surface area contributed by atoms with E-state index in [0.717, 1.165) is 40.9 Å². The van der Waals surface area contributed by atoms with Gasteiger partial charge >= 0.3 is 0 Å².